The molecule has 1 fully saturated rings. The third kappa shape index (κ3) is 4.00. The molecule has 2 atom stereocenters. The Balaban J connectivity index is 1.39. The fourth-order valence-corrected chi connectivity index (χ4v) is 7.28. The van der Waals surface area contributed by atoms with E-state index in [4.69, 9.17) is 9.47 Å². The Kier molecular flexibility index (Phi) is 6.31. The minimum absolute atomic E-state index is 0.0605. The molecule has 220 valence electrons. The Morgan fingerprint density at radius 2 is 1.80 bits per heavy atom. The molecule has 11 heteroatoms. The zero-order valence-electron chi connectivity index (χ0n) is 23.2. The van der Waals surface area contributed by atoms with E-state index in [-0.39, 0.29) is 42.7 Å². The van der Waals surface area contributed by atoms with Crippen molar-refractivity contribution in [2.75, 3.05) is 24.8 Å². The zero-order chi connectivity index (χ0) is 29.9. The Bertz CT molecular complexity index is 2000. The molecule has 1 aliphatic carbocycles. The first-order chi connectivity index (χ1) is 21.5. The van der Waals surface area contributed by atoms with Crippen LogP contribution in [0.5, 0.6) is 5.75 Å². The van der Waals surface area contributed by atoms with Gasteiger partial charge in [-0.15, -0.1) is 11.3 Å². The fourth-order valence-electron chi connectivity index (χ4n) is 6.43. The molecule has 0 saturated carbocycles. The lowest BCUT2D eigenvalue weighted by Gasteiger charge is -2.51. The number of hydrogen-bond acceptors (Lipinski definition) is 7. The molecule has 3 aliphatic rings. The predicted octanol–water partition coefficient (Wildman–Crippen LogP) is 5.35. The summed E-state index contributed by atoms with van der Waals surface area (Å²) in [5.74, 6) is -2.43. The van der Waals surface area contributed by atoms with E-state index in [9.17, 15) is 14.0 Å². The van der Waals surface area contributed by atoms with Crippen LogP contribution in [0.25, 0.3) is 21.7 Å². The first-order valence-corrected chi connectivity index (χ1v) is 15.0. The van der Waals surface area contributed by atoms with Crippen molar-refractivity contribution >= 4 is 17.2 Å². The van der Waals surface area contributed by atoms with Crippen molar-refractivity contribution in [3.05, 3.63) is 129 Å². The number of fused-ring (bicyclic) bond motifs is 7. The molecule has 0 spiro atoms. The van der Waals surface area contributed by atoms with Gasteiger partial charge in [0.1, 0.15) is 12.8 Å². The third-order valence-corrected chi connectivity index (χ3v) is 9.23. The molecule has 44 heavy (non-hydrogen) atoms. The normalized spacial score (nSPS) is 18.5. The van der Waals surface area contributed by atoms with Crippen LogP contribution in [-0.4, -0.2) is 46.4 Å². The number of rotatable bonds is 4. The van der Waals surface area contributed by atoms with Crippen LogP contribution in [0, 0.1) is 11.6 Å². The topological polar surface area (TPSA) is 76.9 Å². The summed E-state index contributed by atoms with van der Waals surface area (Å²) >= 11 is 1.35. The molecule has 1 amide bonds. The molecule has 2 aromatic heterocycles. The number of pyridine rings is 1. The molecule has 4 heterocycles. The average molecular weight is 611 g/mol. The van der Waals surface area contributed by atoms with E-state index < -0.39 is 29.3 Å². The van der Waals surface area contributed by atoms with E-state index in [2.05, 4.69) is 4.98 Å². The predicted molar refractivity (Wildman–Crippen MR) is 160 cm³/mol. The van der Waals surface area contributed by atoms with Crippen molar-refractivity contribution in [2.45, 2.75) is 18.8 Å². The van der Waals surface area contributed by atoms with Crippen LogP contribution in [0.4, 0.5) is 8.78 Å². The number of halogens is 2. The van der Waals surface area contributed by atoms with Gasteiger partial charge in [0.2, 0.25) is 5.43 Å². The summed E-state index contributed by atoms with van der Waals surface area (Å²) in [5.41, 5.74) is 4.59. The van der Waals surface area contributed by atoms with Gasteiger partial charge in [-0.3, -0.25) is 19.3 Å². The summed E-state index contributed by atoms with van der Waals surface area (Å²) in [5, 5.41) is 1.91. The highest BCUT2D eigenvalue weighted by Crippen LogP contribution is 2.50. The van der Waals surface area contributed by atoms with Crippen LogP contribution in [0.2, 0.25) is 0 Å². The lowest BCUT2D eigenvalue weighted by molar-refractivity contribution is -0.0197. The van der Waals surface area contributed by atoms with Gasteiger partial charge in [0, 0.05) is 24.4 Å². The molecule has 0 unspecified atom stereocenters. The molecule has 0 N–H and O–H groups in total. The number of carbonyl (C=O) groups is 1. The second-order valence-corrected chi connectivity index (χ2v) is 11.6. The molecule has 0 bridgehead atoms. The fraction of sp³-hybridized carbons (Fsp3) is 0.182. The number of morpholine rings is 1. The maximum Gasteiger partial charge on any atom is 0.278 e. The smallest absolute Gasteiger partial charge is 0.278 e. The number of amides is 1. The molecule has 3 aromatic carbocycles. The number of aromatic nitrogens is 2. The lowest BCUT2D eigenvalue weighted by atomic mass is 9.92. The van der Waals surface area contributed by atoms with E-state index in [0.717, 1.165) is 22.8 Å². The Morgan fingerprint density at radius 1 is 0.977 bits per heavy atom. The summed E-state index contributed by atoms with van der Waals surface area (Å²) in [4.78, 5) is 34.3. The number of benzene rings is 3. The first-order valence-electron chi connectivity index (χ1n) is 14.1. The van der Waals surface area contributed by atoms with Crippen LogP contribution in [0.3, 0.4) is 0 Å². The van der Waals surface area contributed by atoms with Gasteiger partial charge in [0.25, 0.3) is 5.91 Å². The van der Waals surface area contributed by atoms with Gasteiger partial charge >= 0.3 is 0 Å². The van der Waals surface area contributed by atoms with E-state index in [1.807, 2.05) is 59.6 Å². The van der Waals surface area contributed by atoms with Crippen LogP contribution in [0.15, 0.2) is 89.3 Å². The van der Waals surface area contributed by atoms with E-state index >= 15 is 4.39 Å². The first kappa shape index (κ1) is 26.7. The molecular formula is C33H24F2N4O4S. The van der Waals surface area contributed by atoms with Gasteiger partial charge in [0.05, 0.1) is 35.3 Å². The second kappa shape index (κ2) is 10.4. The van der Waals surface area contributed by atoms with Gasteiger partial charge in [0.15, 0.2) is 23.1 Å². The van der Waals surface area contributed by atoms with Gasteiger partial charge in [-0.05, 0) is 28.3 Å². The minimum Gasteiger partial charge on any atom is -0.482 e. The number of ether oxygens (including phenoxy) is 2. The quantitative estimate of drug-likeness (QED) is 0.273. The summed E-state index contributed by atoms with van der Waals surface area (Å²) in [6.45, 7) is 0.828. The van der Waals surface area contributed by atoms with Crippen molar-refractivity contribution in [1.82, 2.24) is 14.6 Å². The molecule has 0 radical (unpaired) electrons. The number of nitrogens with zero attached hydrogens (tertiary/aromatic N) is 4. The minimum atomic E-state index is -0.996. The highest BCUT2D eigenvalue weighted by molar-refractivity contribution is 7.13. The largest absolute Gasteiger partial charge is 0.482 e. The van der Waals surface area contributed by atoms with Crippen molar-refractivity contribution < 1.29 is 23.0 Å². The van der Waals surface area contributed by atoms with Crippen LogP contribution < -0.4 is 15.2 Å². The SMILES string of the molecule is O=C1c2c(OCc3ccccc3)c(=O)ccn2N([C@@H]2c3ccccc3-c3scnc3-c3c2ccc(F)c3F)[C@@H]2COCCN12. The maximum absolute atomic E-state index is 15.9. The molecule has 8 rings (SSSR count). The van der Waals surface area contributed by atoms with Crippen molar-refractivity contribution in [3.8, 4) is 27.4 Å². The van der Waals surface area contributed by atoms with E-state index in [0.29, 0.717) is 22.7 Å². The summed E-state index contributed by atoms with van der Waals surface area (Å²) < 4.78 is 44.3. The van der Waals surface area contributed by atoms with Crippen LogP contribution >= 0.6 is 11.3 Å². The second-order valence-electron chi connectivity index (χ2n) is 10.8. The molecular weight excluding hydrogens is 586 g/mol. The number of carbonyl (C=O) groups excluding carboxylic acids is 1. The highest BCUT2D eigenvalue weighted by atomic mass is 32.1. The lowest BCUT2D eigenvalue weighted by Crippen LogP contribution is -2.66. The van der Waals surface area contributed by atoms with Gasteiger partial charge in [-0.25, -0.2) is 13.8 Å². The standard InChI is InChI=1S/C33H24F2N4O4S/c34-23-11-10-22-26(27(23)35)28-32(44-18-36-28)21-9-5-4-8-20(21)29(22)39-25-17-42-15-14-37(25)33(41)30-31(24(40)12-13-38(30)39)43-16-19-6-2-1-3-7-19/h1-13,18,25,29H,14-17H2/t25-,29-/m1/s1. The molecule has 5 aromatic rings. The molecule has 2 aliphatic heterocycles. The van der Waals surface area contributed by atoms with Gasteiger partial charge in [-0.1, -0.05) is 60.7 Å². The summed E-state index contributed by atoms with van der Waals surface area (Å²) in [7, 11) is 0. The Hall–Kier alpha value is -4.87. The van der Waals surface area contributed by atoms with Gasteiger partial charge in [-0.2, -0.15) is 0 Å². The monoisotopic (exact) mass is 610 g/mol. The molecule has 8 nitrogen and oxygen atoms in total. The number of hydrogen-bond donors (Lipinski definition) is 0. The summed E-state index contributed by atoms with van der Waals surface area (Å²) in [6.07, 6.45) is 0.911. The van der Waals surface area contributed by atoms with Crippen LogP contribution in [0.1, 0.15) is 33.2 Å². The van der Waals surface area contributed by atoms with Crippen molar-refractivity contribution in [3.63, 3.8) is 0 Å². The maximum atomic E-state index is 15.9. The highest BCUT2D eigenvalue weighted by Gasteiger charge is 2.47. The molecule has 1 saturated heterocycles. The third-order valence-electron chi connectivity index (χ3n) is 8.37. The Labute approximate surface area is 254 Å². The van der Waals surface area contributed by atoms with Crippen molar-refractivity contribution in [2.24, 2.45) is 0 Å². The zero-order valence-corrected chi connectivity index (χ0v) is 24.0. The van der Waals surface area contributed by atoms with Crippen molar-refractivity contribution in [1.29, 1.82) is 0 Å². The van der Waals surface area contributed by atoms with E-state index in [1.165, 1.54) is 23.6 Å². The van der Waals surface area contributed by atoms with Crippen LogP contribution in [-0.2, 0) is 11.3 Å². The number of thiazole rings is 1. The summed E-state index contributed by atoms with van der Waals surface area (Å²) in [6, 6.07) is 20.3. The van der Waals surface area contributed by atoms with Gasteiger partial charge < -0.3 is 14.4 Å². The Morgan fingerprint density at radius 3 is 2.66 bits per heavy atom. The van der Waals surface area contributed by atoms with E-state index in [1.54, 1.807) is 21.2 Å². The average Bonchev–Trinajstić information content (AvgIpc) is 3.50.